The Bertz CT molecular complexity index is 278. The van der Waals surface area contributed by atoms with Crippen molar-refractivity contribution < 1.29 is 9.53 Å². The van der Waals surface area contributed by atoms with Crippen LogP contribution >= 0.6 is 0 Å². The lowest BCUT2D eigenvalue weighted by Crippen LogP contribution is -2.04. The van der Waals surface area contributed by atoms with Crippen LogP contribution in [0, 0.1) is 0 Å². The van der Waals surface area contributed by atoms with E-state index >= 15 is 0 Å². The molecule has 66 valence electrons. The van der Waals surface area contributed by atoms with Crippen LogP contribution in [0.5, 0.6) is 0 Å². The Kier molecular flexibility index (Phi) is 2.47. The molecule has 1 aromatic heterocycles. The standard InChI is InChI=1S/C8H12N2O2/c1-5(2)7-6(4-9-10-7)8(11)12-3/h4-5H,1-3H3,(H,9,10). The highest BCUT2D eigenvalue weighted by molar-refractivity contribution is 5.90. The summed E-state index contributed by atoms with van der Waals surface area (Å²) in [5.74, 6) is -0.113. The van der Waals surface area contributed by atoms with Crippen LogP contribution in [0.4, 0.5) is 0 Å². The van der Waals surface area contributed by atoms with Crippen molar-refractivity contribution in [3.05, 3.63) is 17.5 Å². The van der Waals surface area contributed by atoms with E-state index in [1.54, 1.807) is 6.20 Å². The van der Waals surface area contributed by atoms with E-state index in [-0.39, 0.29) is 11.9 Å². The largest absolute Gasteiger partial charge is 0.465 e. The first-order valence-electron chi connectivity index (χ1n) is 3.78. The molecule has 1 heterocycles. The minimum absolute atomic E-state index is 0.227. The van der Waals surface area contributed by atoms with E-state index in [1.807, 2.05) is 13.8 Å². The summed E-state index contributed by atoms with van der Waals surface area (Å²) in [6.45, 7) is 3.95. The van der Waals surface area contributed by atoms with E-state index in [1.165, 1.54) is 7.11 Å². The Morgan fingerprint density at radius 1 is 1.67 bits per heavy atom. The van der Waals surface area contributed by atoms with Crippen LogP contribution in [-0.2, 0) is 4.74 Å². The molecule has 0 aromatic carbocycles. The summed E-state index contributed by atoms with van der Waals surface area (Å²) in [6.07, 6.45) is 1.56. The molecular formula is C8H12N2O2. The number of nitrogens with one attached hydrogen (secondary N) is 1. The van der Waals surface area contributed by atoms with Crippen LogP contribution in [-0.4, -0.2) is 23.3 Å². The van der Waals surface area contributed by atoms with Crippen molar-refractivity contribution in [3.63, 3.8) is 0 Å². The maximum absolute atomic E-state index is 11.1. The molecule has 0 saturated carbocycles. The molecule has 1 rings (SSSR count). The van der Waals surface area contributed by atoms with Gasteiger partial charge in [0.05, 0.1) is 12.8 Å². The number of carbonyl (C=O) groups excluding carboxylic acids is 1. The smallest absolute Gasteiger partial charge is 0.341 e. The van der Waals surface area contributed by atoms with Crippen molar-refractivity contribution in [1.29, 1.82) is 0 Å². The highest BCUT2D eigenvalue weighted by Gasteiger charge is 2.16. The number of methoxy groups -OCH3 is 1. The zero-order chi connectivity index (χ0) is 9.14. The molecular weight excluding hydrogens is 156 g/mol. The summed E-state index contributed by atoms with van der Waals surface area (Å²) in [7, 11) is 1.36. The van der Waals surface area contributed by atoms with Crippen LogP contribution in [0.3, 0.4) is 0 Å². The highest BCUT2D eigenvalue weighted by Crippen LogP contribution is 2.16. The molecule has 0 fully saturated rings. The normalized spacial score (nSPS) is 10.3. The van der Waals surface area contributed by atoms with Gasteiger partial charge >= 0.3 is 5.97 Å². The van der Waals surface area contributed by atoms with E-state index < -0.39 is 0 Å². The van der Waals surface area contributed by atoms with Crippen LogP contribution < -0.4 is 0 Å². The Labute approximate surface area is 70.9 Å². The van der Waals surface area contributed by atoms with Gasteiger partial charge in [0.2, 0.25) is 0 Å². The number of H-pyrrole nitrogens is 1. The predicted octanol–water partition coefficient (Wildman–Crippen LogP) is 1.32. The van der Waals surface area contributed by atoms with Crippen LogP contribution in [0.15, 0.2) is 6.20 Å². The summed E-state index contributed by atoms with van der Waals surface area (Å²) >= 11 is 0. The Morgan fingerprint density at radius 3 is 2.83 bits per heavy atom. The number of aromatic amines is 1. The maximum Gasteiger partial charge on any atom is 0.341 e. The molecule has 0 radical (unpaired) electrons. The van der Waals surface area contributed by atoms with Gasteiger partial charge < -0.3 is 4.74 Å². The number of rotatable bonds is 2. The van der Waals surface area contributed by atoms with Crippen molar-refractivity contribution in [1.82, 2.24) is 10.2 Å². The highest BCUT2D eigenvalue weighted by atomic mass is 16.5. The van der Waals surface area contributed by atoms with Crippen LogP contribution in [0.1, 0.15) is 35.8 Å². The number of ether oxygens (including phenoxy) is 1. The third kappa shape index (κ3) is 1.47. The Balaban J connectivity index is 2.99. The van der Waals surface area contributed by atoms with Crippen molar-refractivity contribution >= 4 is 5.97 Å². The van der Waals surface area contributed by atoms with E-state index in [2.05, 4.69) is 14.9 Å². The molecule has 0 unspecified atom stereocenters. The van der Waals surface area contributed by atoms with E-state index in [0.29, 0.717) is 5.56 Å². The molecule has 1 aromatic rings. The Hall–Kier alpha value is -1.32. The fourth-order valence-electron chi connectivity index (χ4n) is 1.01. The quantitative estimate of drug-likeness (QED) is 0.677. The average molecular weight is 168 g/mol. The number of esters is 1. The molecule has 0 saturated heterocycles. The lowest BCUT2D eigenvalue weighted by molar-refractivity contribution is 0.0599. The van der Waals surface area contributed by atoms with Gasteiger partial charge in [-0.1, -0.05) is 13.8 Å². The molecule has 1 N–H and O–H groups in total. The van der Waals surface area contributed by atoms with Crippen molar-refractivity contribution in [2.45, 2.75) is 19.8 Å². The molecule has 0 atom stereocenters. The van der Waals surface area contributed by atoms with Gasteiger partial charge in [0.25, 0.3) is 0 Å². The fraction of sp³-hybridized carbons (Fsp3) is 0.500. The molecule has 0 bridgehead atoms. The lowest BCUT2D eigenvalue weighted by atomic mass is 10.1. The molecule has 0 spiro atoms. The minimum Gasteiger partial charge on any atom is -0.465 e. The zero-order valence-electron chi connectivity index (χ0n) is 7.42. The molecule has 0 aliphatic heterocycles. The van der Waals surface area contributed by atoms with Crippen LogP contribution in [0.2, 0.25) is 0 Å². The number of nitrogens with zero attached hydrogens (tertiary/aromatic N) is 1. The van der Waals surface area contributed by atoms with Gasteiger partial charge in [-0.05, 0) is 5.92 Å². The van der Waals surface area contributed by atoms with E-state index in [9.17, 15) is 4.79 Å². The van der Waals surface area contributed by atoms with Gasteiger partial charge in [0, 0.05) is 6.20 Å². The first-order valence-corrected chi connectivity index (χ1v) is 3.78. The summed E-state index contributed by atoms with van der Waals surface area (Å²) < 4.78 is 4.59. The first kappa shape index (κ1) is 8.77. The molecule has 12 heavy (non-hydrogen) atoms. The summed E-state index contributed by atoms with van der Waals surface area (Å²) in [5.41, 5.74) is 1.27. The van der Waals surface area contributed by atoms with Gasteiger partial charge in [0.1, 0.15) is 5.56 Å². The second kappa shape index (κ2) is 3.38. The Morgan fingerprint density at radius 2 is 2.33 bits per heavy atom. The van der Waals surface area contributed by atoms with Crippen molar-refractivity contribution in [2.75, 3.05) is 7.11 Å². The van der Waals surface area contributed by atoms with Gasteiger partial charge in [-0.15, -0.1) is 0 Å². The number of carbonyl (C=O) groups is 1. The molecule has 0 aliphatic rings. The number of hydrogen-bond acceptors (Lipinski definition) is 3. The summed E-state index contributed by atoms with van der Waals surface area (Å²) in [6, 6.07) is 0. The summed E-state index contributed by atoms with van der Waals surface area (Å²) in [4.78, 5) is 11.1. The van der Waals surface area contributed by atoms with E-state index in [4.69, 9.17) is 0 Å². The van der Waals surface area contributed by atoms with Gasteiger partial charge in [-0.25, -0.2) is 4.79 Å². The fourth-order valence-corrected chi connectivity index (χ4v) is 1.01. The first-order chi connectivity index (χ1) is 5.66. The van der Waals surface area contributed by atoms with Gasteiger partial charge in [-0.3, -0.25) is 5.10 Å². The monoisotopic (exact) mass is 168 g/mol. The third-order valence-corrected chi connectivity index (χ3v) is 1.62. The van der Waals surface area contributed by atoms with Crippen molar-refractivity contribution in [3.8, 4) is 0 Å². The zero-order valence-corrected chi connectivity index (χ0v) is 7.42. The lowest BCUT2D eigenvalue weighted by Gasteiger charge is -2.02. The van der Waals surface area contributed by atoms with Crippen molar-refractivity contribution in [2.24, 2.45) is 0 Å². The minimum atomic E-state index is -0.340. The predicted molar refractivity (Wildman–Crippen MR) is 44.0 cm³/mol. The second-order valence-corrected chi connectivity index (χ2v) is 2.83. The molecule has 4 nitrogen and oxygen atoms in total. The van der Waals surface area contributed by atoms with E-state index in [0.717, 1.165) is 5.69 Å². The van der Waals surface area contributed by atoms with Gasteiger partial charge in [0.15, 0.2) is 0 Å². The average Bonchev–Trinajstić information content (AvgIpc) is 2.50. The maximum atomic E-state index is 11.1. The molecule has 0 amide bonds. The topological polar surface area (TPSA) is 55.0 Å². The number of hydrogen-bond donors (Lipinski definition) is 1. The third-order valence-electron chi connectivity index (χ3n) is 1.62. The SMILES string of the molecule is COC(=O)c1c[nH]nc1C(C)C. The van der Waals surface area contributed by atoms with Gasteiger partial charge in [-0.2, -0.15) is 5.10 Å². The second-order valence-electron chi connectivity index (χ2n) is 2.83. The van der Waals surface area contributed by atoms with Crippen LogP contribution in [0.25, 0.3) is 0 Å². The molecule has 0 aliphatic carbocycles. The number of aromatic nitrogens is 2. The summed E-state index contributed by atoms with van der Waals surface area (Å²) in [5, 5.41) is 6.60. The molecule has 4 heteroatoms.